The standard InChI is InChI=1S/C21H23BrN2O3/c1-15-5-10-19(18(22)13-15)27-14-20(25)23-17-8-6-16(7-9-17)21(26)24-11-3-2-4-12-24/h5-10,13H,2-4,11-12,14H2,1H3,(H,23,25). The van der Waals surface area contributed by atoms with Crippen molar-refractivity contribution in [3.05, 3.63) is 58.1 Å². The summed E-state index contributed by atoms with van der Waals surface area (Å²) < 4.78 is 6.36. The highest BCUT2D eigenvalue weighted by Gasteiger charge is 2.18. The molecule has 1 saturated heterocycles. The molecule has 1 N–H and O–H groups in total. The van der Waals surface area contributed by atoms with E-state index >= 15 is 0 Å². The molecule has 0 atom stereocenters. The number of rotatable bonds is 5. The van der Waals surface area contributed by atoms with E-state index in [0.717, 1.165) is 36.0 Å². The number of anilines is 1. The molecule has 0 radical (unpaired) electrons. The predicted octanol–water partition coefficient (Wildman–Crippen LogP) is 4.40. The molecular weight excluding hydrogens is 408 g/mol. The second kappa shape index (κ2) is 9.04. The minimum absolute atomic E-state index is 0.0557. The summed E-state index contributed by atoms with van der Waals surface area (Å²) in [4.78, 5) is 26.5. The Bertz CT molecular complexity index is 815. The maximum absolute atomic E-state index is 12.5. The van der Waals surface area contributed by atoms with Gasteiger partial charge < -0.3 is 15.0 Å². The van der Waals surface area contributed by atoms with Crippen LogP contribution in [0.4, 0.5) is 5.69 Å². The van der Waals surface area contributed by atoms with Crippen molar-refractivity contribution in [3.8, 4) is 5.75 Å². The first-order valence-electron chi connectivity index (χ1n) is 9.11. The number of piperidine rings is 1. The van der Waals surface area contributed by atoms with Gasteiger partial charge in [0.2, 0.25) is 0 Å². The largest absolute Gasteiger partial charge is 0.483 e. The Morgan fingerprint density at radius 1 is 1.07 bits per heavy atom. The molecule has 2 aromatic rings. The lowest BCUT2D eigenvalue weighted by Gasteiger charge is -2.26. The molecule has 2 amide bonds. The molecule has 0 aromatic heterocycles. The second-order valence-corrected chi connectivity index (χ2v) is 7.56. The zero-order valence-corrected chi connectivity index (χ0v) is 16.9. The summed E-state index contributed by atoms with van der Waals surface area (Å²) in [5, 5.41) is 2.78. The molecule has 0 aliphatic carbocycles. The first-order valence-corrected chi connectivity index (χ1v) is 9.90. The van der Waals surface area contributed by atoms with E-state index in [1.165, 1.54) is 6.42 Å². The van der Waals surface area contributed by atoms with Gasteiger partial charge in [0.05, 0.1) is 4.47 Å². The van der Waals surface area contributed by atoms with Gasteiger partial charge in [-0.3, -0.25) is 9.59 Å². The van der Waals surface area contributed by atoms with Gasteiger partial charge in [0.25, 0.3) is 11.8 Å². The molecule has 6 heteroatoms. The van der Waals surface area contributed by atoms with Crippen molar-refractivity contribution >= 4 is 33.4 Å². The molecular formula is C21H23BrN2O3. The topological polar surface area (TPSA) is 58.6 Å². The molecule has 0 bridgehead atoms. The van der Waals surface area contributed by atoms with Crippen LogP contribution in [0.3, 0.4) is 0 Å². The molecule has 5 nitrogen and oxygen atoms in total. The normalized spacial score (nSPS) is 13.9. The van der Waals surface area contributed by atoms with Crippen LogP contribution in [0.25, 0.3) is 0 Å². The lowest BCUT2D eigenvalue weighted by Crippen LogP contribution is -2.35. The molecule has 3 rings (SSSR count). The van der Waals surface area contributed by atoms with Crippen molar-refractivity contribution < 1.29 is 14.3 Å². The quantitative estimate of drug-likeness (QED) is 0.764. The molecule has 0 spiro atoms. The van der Waals surface area contributed by atoms with Crippen molar-refractivity contribution in [1.82, 2.24) is 4.90 Å². The maximum atomic E-state index is 12.5. The van der Waals surface area contributed by atoms with Gasteiger partial charge in [-0.2, -0.15) is 0 Å². The monoisotopic (exact) mass is 430 g/mol. The van der Waals surface area contributed by atoms with Crippen molar-refractivity contribution in [2.45, 2.75) is 26.2 Å². The molecule has 2 aromatic carbocycles. The van der Waals surface area contributed by atoms with Crippen LogP contribution >= 0.6 is 15.9 Å². The highest BCUT2D eigenvalue weighted by atomic mass is 79.9. The summed E-state index contributed by atoms with van der Waals surface area (Å²) in [7, 11) is 0. The van der Waals surface area contributed by atoms with Gasteiger partial charge in [-0.05, 0) is 84.1 Å². The zero-order chi connectivity index (χ0) is 19.2. The summed E-state index contributed by atoms with van der Waals surface area (Å²) in [6.45, 7) is 3.55. The van der Waals surface area contributed by atoms with E-state index in [1.807, 2.05) is 30.0 Å². The van der Waals surface area contributed by atoms with Gasteiger partial charge >= 0.3 is 0 Å². The number of amides is 2. The van der Waals surface area contributed by atoms with Crippen molar-refractivity contribution in [2.75, 3.05) is 25.0 Å². The first-order chi connectivity index (χ1) is 13.0. The average Bonchev–Trinajstić information content (AvgIpc) is 2.68. The smallest absolute Gasteiger partial charge is 0.262 e. The number of benzene rings is 2. The molecule has 1 fully saturated rings. The summed E-state index contributed by atoms with van der Waals surface area (Å²) in [6.07, 6.45) is 3.32. The Labute approximate surface area is 167 Å². The average molecular weight is 431 g/mol. The molecule has 0 saturated carbocycles. The zero-order valence-electron chi connectivity index (χ0n) is 15.3. The van der Waals surface area contributed by atoms with E-state index in [0.29, 0.717) is 17.0 Å². The summed E-state index contributed by atoms with van der Waals surface area (Å²) >= 11 is 3.43. The van der Waals surface area contributed by atoms with Crippen LogP contribution in [0.5, 0.6) is 5.75 Å². The van der Waals surface area contributed by atoms with E-state index in [9.17, 15) is 9.59 Å². The lowest BCUT2D eigenvalue weighted by atomic mass is 10.1. The number of nitrogens with one attached hydrogen (secondary N) is 1. The Balaban J connectivity index is 1.52. The van der Waals surface area contributed by atoms with Gasteiger partial charge in [-0.1, -0.05) is 6.07 Å². The van der Waals surface area contributed by atoms with Crippen LogP contribution in [0.15, 0.2) is 46.9 Å². The number of nitrogens with zero attached hydrogens (tertiary/aromatic N) is 1. The first kappa shape index (κ1) is 19.4. The highest BCUT2D eigenvalue weighted by Crippen LogP contribution is 2.25. The van der Waals surface area contributed by atoms with E-state index < -0.39 is 0 Å². The van der Waals surface area contributed by atoms with E-state index in [1.54, 1.807) is 24.3 Å². The number of carbonyl (C=O) groups is 2. The number of hydrogen-bond acceptors (Lipinski definition) is 3. The van der Waals surface area contributed by atoms with Crippen LogP contribution in [0.2, 0.25) is 0 Å². The second-order valence-electron chi connectivity index (χ2n) is 6.70. The Morgan fingerprint density at radius 3 is 2.44 bits per heavy atom. The number of halogens is 1. The molecule has 1 aliphatic heterocycles. The Hall–Kier alpha value is -2.34. The minimum atomic E-state index is -0.252. The fraction of sp³-hybridized carbons (Fsp3) is 0.333. The summed E-state index contributed by atoms with van der Waals surface area (Å²) in [5.74, 6) is 0.427. The highest BCUT2D eigenvalue weighted by molar-refractivity contribution is 9.10. The molecule has 1 heterocycles. The fourth-order valence-electron chi connectivity index (χ4n) is 3.04. The van der Waals surface area contributed by atoms with E-state index in [2.05, 4.69) is 21.2 Å². The lowest BCUT2D eigenvalue weighted by molar-refractivity contribution is -0.118. The molecule has 27 heavy (non-hydrogen) atoms. The van der Waals surface area contributed by atoms with Gasteiger partial charge in [0, 0.05) is 24.3 Å². The Kier molecular flexibility index (Phi) is 6.50. The van der Waals surface area contributed by atoms with Gasteiger partial charge in [0.1, 0.15) is 5.75 Å². The SMILES string of the molecule is Cc1ccc(OCC(=O)Nc2ccc(C(=O)N3CCCCC3)cc2)c(Br)c1. The van der Waals surface area contributed by atoms with Crippen LogP contribution < -0.4 is 10.1 Å². The summed E-state index contributed by atoms with van der Waals surface area (Å²) in [5.41, 5.74) is 2.40. The van der Waals surface area contributed by atoms with Crippen LogP contribution in [0, 0.1) is 6.92 Å². The predicted molar refractivity (Wildman–Crippen MR) is 109 cm³/mol. The maximum Gasteiger partial charge on any atom is 0.262 e. The number of ether oxygens (including phenoxy) is 1. The van der Waals surface area contributed by atoms with E-state index in [4.69, 9.17) is 4.74 Å². The van der Waals surface area contributed by atoms with Gasteiger partial charge in [0.15, 0.2) is 6.61 Å². The van der Waals surface area contributed by atoms with Crippen LogP contribution in [0.1, 0.15) is 35.2 Å². The van der Waals surface area contributed by atoms with Crippen molar-refractivity contribution in [2.24, 2.45) is 0 Å². The molecule has 0 unspecified atom stereocenters. The van der Waals surface area contributed by atoms with Crippen LogP contribution in [-0.4, -0.2) is 36.4 Å². The van der Waals surface area contributed by atoms with Crippen LogP contribution in [-0.2, 0) is 4.79 Å². The number of aryl methyl sites for hydroxylation is 1. The third-order valence-electron chi connectivity index (χ3n) is 4.51. The molecule has 142 valence electrons. The number of carbonyl (C=O) groups excluding carboxylic acids is 2. The molecule has 1 aliphatic rings. The van der Waals surface area contributed by atoms with Crippen molar-refractivity contribution in [1.29, 1.82) is 0 Å². The third-order valence-corrected chi connectivity index (χ3v) is 5.12. The number of likely N-dealkylation sites (tertiary alicyclic amines) is 1. The fourth-order valence-corrected chi connectivity index (χ4v) is 3.65. The van der Waals surface area contributed by atoms with Crippen molar-refractivity contribution in [3.63, 3.8) is 0 Å². The Morgan fingerprint density at radius 2 is 1.78 bits per heavy atom. The van der Waals surface area contributed by atoms with Gasteiger partial charge in [-0.15, -0.1) is 0 Å². The van der Waals surface area contributed by atoms with Gasteiger partial charge in [-0.25, -0.2) is 0 Å². The number of hydrogen-bond donors (Lipinski definition) is 1. The van der Waals surface area contributed by atoms with E-state index in [-0.39, 0.29) is 18.4 Å². The minimum Gasteiger partial charge on any atom is -0.483 e. The summed E-state index contributed by atoms with van der Waals surface area (Å²) in [6, 6.07) is 12.7. The third kappa shape index (κ3) is 5.32.